The van der Waals surface area contributed by atoms with Crippen molar-refractivity contribution in [3.05, 3.63) is 76.3 Å². The topological polar surface area (TPSA) is 45.8 Å². The molecule has 1 N–H and O–H groups in total. The van der Waals surface area contributed by atoms with E-state index in [1.807, 2.05) is 56.3 Å². The molecule has 0 radical (unpaired) electrons. The predicted molar refractivity (Wildman–Crippen MR) is 85.2 cm³/mol. The fourth-order valence-electron chi connectivity index (χ4n) is 2.27. The minimum absolute atomic E-state index is 0.148. The van der Waals surface area contributed by atoms with E-state index < -0.39 is 0 Å². The van der Waals surface area contributed by atoms with Crippen LogP contribution in [0.3, 0.4) is 0 Å². The monoisotopic (exact) mass is 276 g/mol. The highest BCUT2D eigenvalue weighted by molar-refractivity contribution is 5.68. The Morgan fingerprint density at radius 1 is 0.810 bits per heavy atom. The molecule has 0 amide bonds. The third-order valence-electron chi connectivity index (χ3n) is 3.60. The van der Waals surface area contributed by atoms with Crippen LogP contribution >= 0.6 is 0 Å². The highest BCUT2D eigenvalue weighted by atomic mass is 16.1. The van der Waals surface area contributed by atoms with Crippen LogP contribution in [0.2, 0.25) is 0 Å². The average molecular weight is 276 g/mol. The number of hydrogen-bond donors (Lipinski definition) is 1. The van der Waals surface area contributed by atoms with Crippen LogP contribution < -0.4 is 5.56 Å². The summed E-state index contributed by atoms with van der Waals surface area (Å²) in [6.45, 7) is 3.75. The van der Waals surface area contributed by atoms with Crippen molar-refractivity contribution in [2.45, 2.75) is 13.8 Å². The van der Waals surface area contributed by atoms with Crippen LogP contribution in [0.25, 0.3) is 22.4 Å². The highest BCUT2D eigenvalue weighted by Crippen LogP contribution is 2.22. The molecule has 0 fully saturated rings. The molecule has 0 bridgehead atoms. The maximum absolute atomic E-state index is 12.0. The zero-order valence-corrected chi connectivity index (χ0v) is 12.1. The van der Waals surface area contributed by atoms with Crippen molar-refractivity contribution in [3.8, 4) is 22.4 Å². The molecule has 0 unspecified atom stereocenters. The number of H-pyrrole nitrogens is 1. The molecule has 0 atom stereocenters. The molecule has 3 rings (SSSR count). The molecule has 0 saturated carbocycles. The zero-order valence-electron chi connectivity index (χ0n) is 12.1. The van der Waals surface area contributed by atoms with Gasteiger partial charge in [0.25, 0.3) is 5.56 Å². The number of aromatic nitrogens is 2. The standard InChI is InChI=1S/C18H16N2O/c1-12-13(2)20-18(21)17(19-12)16-10-8-15(9-11-16)14-6-4-3-5-7-14/h3-11H,1-2H3,(H,20,21). The van der Waals surface area contributed by atoms with Crippen LogP contribution in [0, 0.1) is 13.8 Å². The molecule has 3 nitrogen and oxygen atoms in total. The first kappa shape index (κ1) is 13.3. The van der Waals surface area contributed by atoms with Gasteiger partial charge >= 0.3 is 0 Å². The Balaban J connectivity index is 2.02. The minimum Gasteiger partial charge on any atom is -0.323 e. The van der Waals surface area contributed by atoms with Gasteiger partial charge in [-0.25, -0.2) is 4.98 Å². The Morgan fingerprint density at radius 2 is 1.38 bits per heavy atom. The molecule has 3 aromatic rings. The van der Waals surface area contributed by atoms with Crippen LogP contribution in [-0.4, -0.2) is 9.97 Å². The van der Waals surface area contributed by atoms with Crippen molar-refractivity contribution in [1.29, 1.82) is 0 Å². The molecule has 2 aromatic carbocycles. The summed E-state index contributed by atoms with van der Waals surface area (Å²) in [5.74, 6) is 0. The Bertz CT molecular complexity index is 818. The number of hydrogen-bond acceptors (Lipinski definition) is 2. The molecule has 0 aliphatic heterocycles. The highest BCUT2D eigenvalue weighted by Gasteiger charge is 2.07. The van der Waals surface area contributed by atoms with Gasteiger partial charge in [-0.1, -0.05) is 54.6 Å². The molecular weight excluding hydrogens is 260 g/mol. The maximum Gasteiger partial charge on any atom is 0.274 e. The number of nitrogens with zero attached hydrogens (tertiary/aromatic N) is 1. The number of aromatic amines is 1. The number of benzene rings is 2. The summed E-state index contributed by atoms with van der Waals surface area (Å²) in [5, 5.41) is 0. The summed E-state index contributed by atoms with van der Waals surface area (Å²) in [7, 11) is 0. The summed E-state index contributed by atoms with van der Waals surface area (Å²) in [4.78, 5) is 19.3. The fourth-order valence-corrected chi connectivity index (χ4v) is 2.27. The lowest BCUT2D eigenvalue weighted by Gasteiger charge is -2.06. The lowest BCUT2D eigenvalue weighted by molar-refractivity contribution is 1.02. The molecule has 21 heavy (non-hydrogen) atoms. The lowest BCUT2D eigenvalue weighted by Crippen LogP contribution is -2.14. The van der Waals surface area contributed by atoms with Gasteiger partial charge in [-0.3, -0.25) is 4.79 Å². The average Bonchev–Trinajstić information content (AvgIpc) is 2.52. The van der Waals surface area contributed by atoms with E-state index in [4.69, 9.17) is 0 Å². The van der Waals surface area contributed by atoms with Gasteiger partial charge in [0.2, 0.25) is 0 Å². The lowest BCUT2D eigenvalue weighted by atomic mass is 10.0. The smallest absolute Gasteiger partial charge is 0.274 e. The Morgan fingerprint density at radius 3 is 2.05 bits per heavy atom. The Labute approximate surface area is 123 Å². The molecule has 0 aliphatic carbocycles. The summed E-state index contributed by atoms with van der Waals surface area (Å²) < 4.78 is 0. The number of aryl methyl sites for hydroxylation is 2. The van der Waals surface area contributed by atoms with Crippen molar-refractivity contribution < 1.29 is 0 Å². The van der Waals surface area contributed by atoms with Crippen molar-refractivity contribution in [2.24, 2.45) is 0 Å². The van der Waals surface area contributed by atoms with E-state index in [-0.39, 0.29) is 5.56 Å². The first-order valence-electron chi connectivity index (χ1n) is 6.88. The normalized spacial score (nSPS) is 10.6. The minimum atomic E-state index is -0.148. The van der Waals surface area contributed by atoms with Crippen molar-refractivity contribution in [3.63, 3.8) is 0 Å². The van der Waals surface area contributed by atoms with Crippen molar-refractivity contribution in [1.82, 2.24) is 9.97 Å². The first-order valence-corrected chi connectivity index (χ1v) is 6.88. The van der Waals surface area contributed by atoms with Crippen molar-refractivity contribution in [2.75, 3.05) is 0 Å². The third-order valence-corrected chi connectivity index (χ3v) is 3.60. The first-order chi connectivity index (χ1) is 10.1. The fraction of sp³-hybridized carbons (Fsp3) is 0.111. The quantitative estimate of drug-likeness (QED) is 0.775. The van der Waals surface area contributed by atoms with Gasteiger partial charge in [-0.15, -0.1) is 0 Å². The zero-order chi connectivity index (χ0) is 14.8. The maximum atomic E-state index is 12.0. The number of nitrogens with one attached hydrogen (secondary N) is 1. The van der Waals surface area contributed by atoms with Gasteiger partial charge in [-0.05, 0) is 25.0 Å². The largest absolute Gasteiger partial charge is 0.323 e. The van der Waals surface area contributed by atoms with Gasteiger partial charge in [0.05, 0.1) is 5.69 Å². The van der Waals surface area contributed by atoms with E-state index in [9.17, 15) is 4.79 Å². The van der Waals surface area contributed by atoms with Gasteiger partial charge in [-0.2, -0.15) is 0 Å². The van der Waals surface area contributed by atoms with Crippen molar-refractivity contribution >= 4 is 0 Å². The SMILES string of the molecule is Cc1nc(-c2ccc(-c3ccccc3)cc2)c(=O)[nH]c1C. The van der Waals surface area contributed by atoms with E-state index in [1.165, 1.54) is 0 Å². The van der Waals surface area contributed by atoms with Gasteiger partial charge in [0, 0.05) is 11.3 Å². The molecule has 104 valence electrons. The molecule has 0 spiro atoms. The summed E-state index contributed by atoms with van der Waals surface area (Å²) in [6, 6.07) is 18.1. The molecule has 3 heteroatoms. The van der Waals surface area contributed by atoms with Gasteiger partial charge in [0.15, 0.2) is 0 Å². The van der Waals surface area contributed by atoms with E-state index in [2.05, 4.69) is 22.1 Å². The second-order valence-corrected chi connectivity index (χ2v) is 5.07. The molecule has 1 aromatic heterocycles. The van der Waals surface area contributed by atoms with Crippen LogP contribution in [0.15, 0.2) is 59.4 Å². The van der Waals surface area contributed by atoms with E-state index in [0.717, 1.165) is 28.1 Å². The van der Waals surface area contributed by atoms with Crippen LogP contribution in [0.5, 0.6) is 0 Å². The van der Waals surface area contributed by atoms with Gasteiger partial charge in [0.1, 0.15) is 5.69 Å². The summed E-state index contributed by atoms with van der Waals surface area (Å²) in [5.41, 5.74) is 5.09. The number of rotatable bonds is 2. The van der Waals surface area contributed by atoms with Crippen LogP contribution in [0.1, 0.15) is 11.4 Å². The Hall–Kier alpha value is -2.68. The summed E-state index contributed by atoms with van der Waals surface area (Å²) in [6.07, 6.45) is 0. The molecular formula is C18H16N2O. The second kappa shape index (κ2) is 5.37. The third kappa shape index (κ3) is 2.63. The van der Waals surface area contributed by atoms with Crippen LogP contribution in [0.4, 0.5) is 0 Å². The van der Waals surface area contributed by atoms with Gasteiger partial charge < -0.3 is 4.98 Å². The van der Waals surface area contributed by atoms with E-state index >= 15 is 0 Å². The van der Waals surface area contributed by atoms with E-state index in [1.54, 1.807) is 0 Å². The van der Waals surface area contributed by atoms with E-state index in [0.29, 0.717) is 5.69 Å². The second-order valence-electron chi connectivity index (χ2n) is 5.07. The predicted octanol–water partition coefficient (Wildman–Crippen LogP) is 3.72. The molecule has 1 heterocycles. The summed E-state index contributed by atoms with van der Waals surface area (Å²) >= 11 is 0. The van der Waals surface area contributed by atoms with Crippen LogP contribution in [-0.2, 0) is 0 Å². The molecule has 0 aliphatic rings. The Kier molecular flexibility index (Phi) is 3.40. The molecule has 0 saturated heterocycles.